The standard InChI is InChI=1S/C18H19NO4/c1-12-3-5-13(6-4-12)9-19-15-7-14(10-20)8-16(22-2)18(15)23-11-17(19)21/h3-8,20H,9-11H2,1-2H3. The monoisotopic (exact) mass is 313 g/mol. The molecule has 1 N–H and O–H groups in total. The zero-order valence-electron chi connectivity index (χ0n) is 13.2. The van der Waals surface area contributed by atoms with Gasteiger partial charge in [0.2, 0.25) is 0 Å². The minimum absolute atomic E-state index is 0.0201. The molecule has 5 nitrogen and oxygen atoms in total. The van der Waals surface area contributed by atoms with Crippen LogP contribution in [0.15, 0.2) is 36.4 Å². The van der Waals surface area contributed by atoms with Gasteiger partial charge in [-0.25, -0.2) is 0 Å². The van der Waals surface area contributed by atoms with Gasteiger partial charge in [0, 0.05) is 0 Å². The fraction of sp³-hybridized carbons (Fsp3) is 0.278. The summed E-state index contributed by atoms with van der Waals surface area (Å²) in [5.74, 6) is 0.944. The Morgan fingerprint density at radius 1 is 1.22 bits per heavy atom. The molecule has 5 heteroatoms. The number of rotatable bonds is 4. The zero-order chi connectivity index (χ0) is 16.4. The third kappa shape index (κ3) is 3.00. The molecular weight excluding hydrogens is 294 g/mol. The van der Waals surface area contributed by atoms with E-state index in [1.54, 1.807) is 24.1 Å². The van der Waals surface area contributed by atoms with Crippen LogP contribution >= 0.6 is 0 Å². The lowest BCUT2D eigenvalue weighted by molar-refractivity contribution is -0.121. The maximum atomic E-state index is 12.3. The minimum atomic E-state index is -0.129. The van der Waals surface area contributed by atoms with Gasteiger partial charge in [0.15, 0.2) is 18.1 Å². The topological polar surface area (TPSA) is 59.0 Å². The average Bonchev–Trinajstić information content (AvgIpc) is 2.58. The summed E-state index contributed by atoms with van der Waals surface area (Å²) in [6.45, 7) is 2.33. The quantitative estimate of drug-likeness (QED) is 0.942. The van der Waals surface area contributed by atoms with Crippen LogP contribution in [0.4, 0.5) is 5.69 Å². The second kappa shape index (κ2) is 6.30. The number of fused-ring (bicyclic) bond motifs is 1. The van der Waals surface area contributed by atoms with Crippen LogP contribution in [0.25, 0.3) is 0 Å². The molecule has 2 aromatic rings. The van der Waals surface area contributed by atoms with Crippen molar-refractivity contribution in [3.05, 3.63) is 53.1 Å². The molecule has 0 fully saturated rings. The Bertz CT molecular complexity index is 725. The van der Waals surface area contributed by atoms with Gasteiger partial charge in [0.25, 0.3) is 5.91 Å². The van der Waals surface area contributed by atoms with E-state index in [1.807, 2.05) is 31.2 Å². The van der Waals surface area contributed by atoms with Gasteiger partial charge in [-0.2, -0.15) is 0 Å². The maximum absolute atomic E-state index is 12.3. The lowest BCUT2D eigenvalue weighted by Gasteiger charge is -2.31. The lowest BCUT2D eigenvalue weighted by atomic mass is 10.1. The number of hydrogen-bond acceptors (Lipinski definition) is 4. The first-order valence-electron chi connectivity index (χ1n) is 7.43. The summed E-state index contributed by atoms with van der Waals surface area (Å²) in [5.41, 5.74) is 3.51. The molecule has 1 amide bonds. The molecule has 1 heterocycles. The molecule has 0 unspecified atom stereocenters. The normalized spacial score (nSPS) is 13.5. The molecule has 0 aliphatic carbocycles. The van der Waals surface area contributed by atoms with Gasteiger partial charge >= 0.3 is 0 Å². The fourth-order valence-corrected chi connectivity index (χ4v) is 2.63. The number of amides is 1. The van der Waals surface area contributed by atoms with Crippen molar-refractivity contribution >= 4 is 11.6 Å². The summed E-state index contributed by atoms with van der Waals surface area (Å²) >= 11 is 0. The summed E-state index contributed by atoms with van der Waals surface area (Å²) in [6.07, 6.45) is 0. The largest absolute Gasteiger partial charge is 0.493 e. The minimum Gasteiger partial charge on any atom is -0.493 e. The van der Waals surface area contributed by atoms with Gasteiger partial charge < -0.3 is 19.5 Å². The van der Waals surface area contributed by atoms with E-state index in [9.17, 15) is 9.90 Å². The van der Waals surface area contributed by atoms with Gasteiger partial charge in [0.05, 0.1) is 25.9 Å². The molecule has 1 aliphatic rings. The molecule has 0 spiro atoms. The number of hydrogen-bond donors (Lipinski definition) is 1. The SMILES string of the molecule is COc1cc(CO)cc2c1OCC(=O)N2Cc1ccc(C)cc1. The molecule has 0 saturated carbocycles. The van der Waals surface area contributed by atoms with Crippen LogP contribution in [0.2, 0.25) is 0 Å². The molecule has 23 heavy (non-hydrogen) atoms. The van der Waals surface area contributed by atoms with Crippen LogP contribution in [0.1, 0.15) is 16.7 Å². The highest BCUT2D eigenvalue weighted by Crippen LogP contribution is 2.42. The van der Waals surface area contributed by atoms with Crippen LogP contribution in [0.3, 0.4) is 0 Å². The summed E-state index contributed by atoms with van der Waals surface area (Å²) < 4.78 is 10.9. The Kier molecular flexibility index (Phi) is 4.21. The first-order chi connectivity index (χ1) is 11.1. The van der Waals surface area contributed by atoms with E-state index in [-0.39, 0.29) is 19.1 Å². The smallest absolute Gasteiger partial charge is 0.265 e. The van der Waals surface area contributed by atoms with Gasteiger partial charge in [-0.15, -0.1) is 0 Å². The first-order valence-corrected chi connectivity index (χ1v) is 7.43. The van der Waals surface area contributed by atoms with E-state index in [1.165, 1.54) is 5.56 Å². The third-order valence-corrected chi connectivity index (χ3v) is 3.89. The summed E-state index contributed by atoms with van der Waals surface area (Å²) in [6, 6.07) is 11.5. The van der Waals surface area contributed by atoms with Crippen LogP contribution in [-0.2, 0) is 17.9 Å². The van der Waals surface area contributed by atoms with Crippen LogP contribution in [0.5, 0.6) is 11.5 Å². The second-order valence-electron chi connectivity index (χ2n) is 5.56. The molecule has 0 bridgehead atoms. The van der Waals surface area contributed by atoms with E-state index in [4.69, 9.17) is 9.47 Å². The lowest BCUT2D eigenvalue weighted by Crippen LogP contribution is -2.38. The molecule has 0 radical (unpaired) electrons. The number of aryl methyl sites for hydroxylation is 1. The number of benzene rings is 2. The number of ether oxygens (including phenoxy) is 2. The Labute approximate surface area is 135 Å². The van der Waals surface area contributed by atoms with Crippen molar-refractivity contribution in [2.75, 3.05) is 18.6 Å². The number of carbonyl (C=O) groups is 1. The average molecular weight is 313 g/mol. The van der Waals surface area contributed by atoms with Crippen molar-refractivity contribution in [1.29, 1.82) is 0 Å². The van der Waals surface area contributed by atoms with Gasteiger partial charge in [-0.05, 0) is 30.2 Å². The predicted octanol–water partition coefficient (Wildman–Crippen LogP) is 2.42. The van der Waals surface area contributed by atoms with Crippen LogP contribution in [0, 0.1) is 6.92 Å². The molecule has 0 saturated heterocycles. The molecule has 2 aromatic carbocycles. The number of carbonyl (C=O) groups excluding carboxylic acids is 1. The molecular formula is C18H19NO4. The highest BCUT2D eigenvalue weighted by atomic mass is 16.5. The highest BCUT2D eigenvalue weighted by Gasteiger charge is 2.28. The number of aliphatic hydroxyl groups is 1. The number of anilines is 1. The van der Waals surface area contributed by atoms with Gasteiger partial charge in [-0.1, -0.05) is 29.8 Å². The fourth-order valence-electron chi connectivity index (χ4n) is 2.63. The molecule has 0 aromatic heterocycles. The van der Waals surface area contributed by atoms with E-state index < -0.39 is 0 Å². The molecule has 1 aliphatic heterocycles. The molecule has 3 rings (SSSR count). The van der Waals surface area contributed by atoms with E-state index >= 15 is 0 Å². The van der Waals surface area contributed by atoms with Crippen molar-refractivity contribution in [2.45, 2.75) is 20.1 Å². The Hall–Kier alpha value is -2.53. The Morgan fingerprint density at radius 3 is 2.61 bits per heavy atom. The third-order valence-electron chi connectivity index (χ3n) is 3.89. The summed E-state index contributed by atoms with van der Waals surface area (Å²) in [4.78, 5) is 14.0. The summed E-state index contributed by atoms with van der Waals surface area (Å²) in [7, 11) is 1.54. The first kappa shape index (κ1) is 15.4. The van der Waals surface area contributed by atoms with E-state index in [0.717, 1.165) is 5.56 Å². The van der Waals surface area contributed by atoms with Crippen molar-refractivity contribution in [3.63, 3.8) is 0 Å². The molecule has 120 valence electrons. The highest BCUT2D eigenvalue weighted by molar-refractivity contribution is 5.98. The number of nitrogens with zero attached hydrogens (tertiary/aromatic N) is 1. The Balaban J connectivity index is 2.01. The van der Waals surface area contributed by atoms with E-state index in [0.29, 0.717) is 29.3 Å². The number of methoxy groups -OCH3 is 1. The van der Waals surface area contributed by atoms with E-state index in [2.05, 4.69) is 0 Å². The van der Waals surface area contributed by atoms with Crippen molar-refractivity contribution < 1.29 is 19.4 Å². The number of aliphatic hydroxyl groups excluding tert-OH is 1. The maximum Gasteiger partial charge on any atom is 0.265 e. The summed E-state index contributed by atoms with van der Waals surface area (Å²) in [5, 5.41) is 9.43. The Morgan fingerprint density at radius 2 is 1.96 bits per heavy atom. The van der Waals surface area contributed by atoms with Crippen LogP contribution in [-0.4, -0.2) is 24.7 Å². The zero-order valence-corrected chi connectivity index (χ0v) is 13.2. The second-order valence-corrected chi connectivity index (χ2v) is 5.56. The van der Waals surface area contributed by atoms with Gasteiger partial charge in [0.1, 0.15) is 0 Å². The molecule has 0 atom stereocenters. The predicted molar refractivity (Wildman–Crippen MR) is 86.8 cm³/mol. The van der Waals surface area contributed by atoms with Crippen molar-refractivity contribution in [1.82, 2.24) is 0 Å². The van der Waals surface area contributed by atoms with Crippen LogP contribution < -0.4 is 14.4 Å². The van der Waals surface area contributed by atoms with Crippen molar-refractivity contribution in [2.24, 2.45) is 0 Å². The van der Waals surface area contributed by atoms with Gasteiger partial charge in [-0.3, -0.25) is 4.79 Å². The van der Waals surface area contributed by atoms with Crippen molar-refractivity contribution in [3.8, 4) is 11.5 Å².